The summed E-state index contributed by atoms with van der Waals surface area (Å²) in [4.78, 5) is 2.37. The van der Waals surface area contributed by atoms with Gasteiger partial charge in [-0.2, -0.15) is 0 Å². The molecule has 1 saturated carbocycles. The third-order valence-corrected chi connectivity index (χ3v) is 7.30. The van der Waals surface area contributed by atoms with Crippen molar-refractivity contribution in [3.8, 4) is 0 Å². The van der Waals surface area contributed by atoms with Gasteiger partial charge >= 0.3 is 0 Å². The van der Waals surface area contributed by atoms with Gasteiger partial charge in [0, 0.05) is 56.0 Å². The Morgan fingerprint density at radius 2 is 1.90 bits per heavy atom. The molecule has 0 radical (unpaired) electrons. The van der Waals surface area contributed by atoms with Gasteiger partial charge in [-0.15, -0.1) is 0 Å². The molecule has 2 fully saturated rings. The Hall–Kier alpha value is -2.02. The minimum absolute atomic E-state index is 0.0500. The molecule has 2 N–H and O–H groups in total. The van der Waals surface area contributed by atoms with Gasteiger partial charge in [0.1, 0.15) is 17.4 Å². The van der Waals surface area contributed by atoms with Gasteiger partial charge in [0.15, 0.2) is 0 Å². The third-order valence-electron chi connectivity index (χ3n) is 7.30. The van der Waals surface area contributed by atoms with Crippen molar-refractivity contribution in [2.75, 3.05) is 26.2 Å². The summed E-state index contributed by atoms with van der Waals surface area (Å²) in [6, 6.07) is 7.62. The maximum absolute atomic E-state index is 14.6. The first-order valence-corrected chi connectivity index (χ1v) is 11.2. The second-order valence-electron chi connectivity index (χ2n) is 8.96. The smallest absolute Gasteiger partial charge is 0.129 e. The average Bonchev–Trinajstić information content (AvgIpc) is 3.27. The van der Waals surface area contributed by atoms with E-state index in [2.05, 4.69) is 23.7 Å². The van der Waals surface area contributed by atoms with Gasteiger partial charge in [-0.05, 0) is 49.6 Å². The molecule has 4 rings (SSSR count). The lowest BCUT2D eigenvalue weighted by Crippen LogP contribution is -2.56. The summed E-state index contributed by atoms with van der Waals surface area (Å²) in [6.45, 7) is 10.00. The topological polar surface area (TPSA) is 48.6 Å². The molecule has 6 heteroatoms. The van der Waals surface area contributed by atoms with Crippen LogP contribution in [0.15, 0.2) is 53.2 Å². The molecule has 1 saturated heterocycles. The Morgan fingerprint density at radius 3 is 2.55 bits per heavy atom. The first-order valence-electron chi connectivity index (χ1n) is 11.2. The van der Waals surface area contributed by atoms with Crippen LogP contribution in [0.25, 0.3) is 0 Å². The summed E-state index contributed by atoms with van der Waals surface area (Å²) in [6.07, 6.45) is 3.91. The maximum atomic E-state index is 14.6. The fraction of sp³-hybridized carbons (Fsp3) is 0.520. The predicted octanol–water partition coefficient (Wildman–Crippen LogP) is 4.27. The van der Waals surface area contributed by atoms with E-state index in [1.807, 2.05) is 12.1 Å². The van der Waals surface area contributed by atoms with Crippen LogP contribution in [-0.2, 0) is 6.42 Å². The highest BCUT2D eigenvalue weighted by molar-refractivity contribution is 5.34. The first kappa shape index (κ1) is 22.2. The van der Waals surface area contributed by atoms with Crippen LogP contribution in [0.2, 0.25) is 0 Å². The lowest BCUT2D eigenvalue weighted by molar-refractivity contribution is -0.0302. The van der Waals surface area contributed by atoms with Crippen LogP contribution in [0.1, 0.15) is 43.4 Å². The van der Waals surface area contributed by atoms with Gasteiger partial charge in [0.25, 0.3) is 0 Å². The van der Waals surface area contributed by atoms with E-state index in [1.54, 1.807) is 6.26 Å². The molecular weight excluding hydrogens is 398 g/mol. The van der Waals surface area contributed by atoms with Crippen molar-refractivity contribution in [2.24, 2.45) is 5.92 Å². The molecule has 168 valence electrons. The normalized spacial score (nSPS) is 29.0. The van der Waals surface area contributed by atoms with Crippen molar-refractivity contribution in [1.82, 2.24) is 10.2 Å². The van der Waals surface area contributed by atoms with E-state index in [4.69, 9.17) is 4.42 Å². The number of halogens is 2. The summed E-state index contributed by atoms with van der Waals surface area (Å²) < 4.78 is 34.9. The Balaban J connectivity index is 1.74. The second kappa shape index (κ2) is 9.23. The van der Waals surface area contributed by atoms with Crippen LogP contribution in [0.3, 0.4) is 0 Å². The fourth-order valence-corrected chi connectivity index (χ4v) is 5.50. The van der Waals surface area contributed by atoms with Crippen molar-refractivity contribution in [3.63, 3.8) is 0 Å². The molecule has 0 bridgehead atoms. The number of aliphatic hydroxyl groups is 1. The zero-order chi connectivity index (χ0) is 22.0. The van der Waals surface area contributed by atoms with Gasteiger partial charge in [0.2, 0.25) is 0 Å². The van der Waals surface area contributed by atoms with Crippen molar-refractivity contribution in [1.29, 1.82) is 0 Å². The number of furan rings is 1. The number of benzene rings is 1. The predicted molar refractivity (Wildman–Crippen MR) is 117 cm³/mol. The molecular formula is C25H32F2N2O2. The summed E-state index contributed by atoms with van der Waals surface area (Å²) in [7, 11) is 0. The number of rotatable bonds is 5. The van der Waals surface area contributed by atoms with E-state index in [9.17, 15) is 13.9 Å². The van der Waals surface area contributed by atoms with E-state index >= 15 is 0 Å². The molecule has 0 amide bonds. The highest BCUT2D eigenvalue weighted by Gasteiger charge is 2.48. The molecule has 2 heterocycles. The lowest BCUT2D eigenvalue weighted by atomic mass is 9.70. The maximum Gasteiger partial charge on any atom is 0.129 e. The highest BCUT2D eigenvalue weighted by Crippen LogP contribution is 2.47. The van der Waals surface area contributed by atoms with Gasteiger partial charge in [0.05, 0.1) is 11.9 Å². The number of piperazine rings is 1. The Kier molecular flexibility index (Phi) is 6.60. The zero-order valence-corrected chi connectivity index (χ0v) is 18.1. The van der Waals surface area contributed by atoms with Gasteiger partial charge in [-0.25, -0.2) is 8.78 Å². The molecule has 1 aliphatic carbocycles. The van der Waals surface area contributed by atoms with Crippen LogP contribution in [0.5, 0.6) is 0 Å². The van der Waals surface area contributed by atoms with Crippen molar-refractivity contribution >= 4 is 0 Å². The molecule has 1 aliphatic heterocycles. The Bertz CT molecular complexity index is 875. The Morgan fingerprint density at radius 1 is 1.19 bits per heavy atom. The first-order chi connectivity index (χ1) is 14.9. The third kappa shape index (κ3) is 4.34. The summed E-state index contributed by atoms with van der Waals surface area (Å²) in [5.74, 6) is -0.901. The van der Waals surface area contributed by atoms with E-state index in [-0.39, 0.29) is 29.9 Å². The summed E-state index contributed by atoms with van der Waals surface area (Å²) >= 11 is 0. The monoisotopic (exact) mass is 430 g/mol. The Labute approximate surface area is 182 Å². The van der Waals surface area contributed by atoms with Crippen LogP contribution < -0.4 is 5.32 Å². The molecule has 4 atom stereocenters. The zero-order valence-electron chi connectivity index (χ0n) is 18.1. The van der Waals surface area contributed by atoms with E-state index < -0.39 is 17.2 Å². The quantitative estimate of drug-likeness (QED) is 0.550. The van der Waals surface area contributed by atoms with Crippen molar-refractivity contribution in [3.05, 3.63) is 71.7 Å². The van der Waals surface area contributed by atoms with Crippen LogP contribution in [0, 0.1) is 17.6 Å². The standard InChI is InChI=1S/C25H32F2N2O2/c1-17-19(24-10-5-15-31-24)6-3-7-21(18(2)29-13-11-28-12-14-29)25(17,30)16-20-22(26)8-4-9-23(20)27/h4-5,8-10,15,18-19,21,28,30H,1,3,6-7,11-14,16H2,2H3. The number of nitrogens with one attached hydrogen (secondary N) is 1. The SMILES string of the molecule is C=C1C(c2ccco2)CCCC(C(C)N2CCNCC2)C1(O)Cc1c(F)cccc1F. The molecule has 2 aliphatic rings. The largest absolute Gasteiger partial charge is 0.469 e. The molecule has 2 aromatic rings. The number of nitrogens with zero attached hydrogens (tertiary/aromatic N) is 1. The molecule has 4 nitrogen and oxygen atoms in total. The number of hydrogen-bond acceptors (Lipinski definition) is 4. The lowest BCUT2D eigenvalue weighted by Gasteiger charge is -2.46. The van der Waals surface area contributed by atoms with Crippen molar-refractivity contribution in [2.45, 2.75) is 50.2 Å². The molecule has 0 spiro atoms. The molecule has 1 aromatic carbocycles. The summed E-state index contributed by atoms with van der Waals surface area (Å²) in [5.41, 5.74) is -0.945. The number of hydrogen-bond donors (Lipinski definition) is 2. The minimum atomic E-state index is -1.46. The van der Waals surface area contributed by atoms with E-state index in [1.165, 1.54) is 18.2 Å². The van der Waals surface area contributed by atoms with Gasteiger partial charge in [-0.1, -0.05) is 19.1 Å². The van der Waals surface area contributed by atoms with Crippen LogP contribution in [-0.4, -0.2) is 47.8 Å². The average molecular weight is 431 g/mol. The van der Waals surface area contributed by atoms with Gasteiger partial charge < -0.3 is 14.8 Å². The van der Waals surface area contributed by atoms with Crippen molar-refractivity contribution < 1.29 is 18.3 Å². The second-order valence-corrected chi connectivity index (χ2v) is 8.96. The van der Waals surface area contributed by atoms with Crippen LogP contribution >= 0.6 is 0 Å². The fourth-order valence-electron chi connectivity index (χ4n) is 5.50. The molecule has 4 unspecified atom stereocenters. The summed E-state index contributed by atoms with van der Waals surface area (Å²) in [5, 5.41) is 15.6. The van der Waals surface area contributed by atoms with Gasteiger partial charge in [-0.3, -0.25) is 4.90 Å². The minimum Gasteiger partial charge on any atom is -0.469 e. The highest BCUT2D eigenvalue weighted by atomic mass is 19.1. The van der Waals surface area contributed by atoms with Crippen LogP contribution in [0.4, 0.5) is 8.78 Å². The van der Waals surface area contributed by atoms with E-state index in [0.29, 0.717) is 5.57 Å². The molecule has 1 aromatic heterocycles. The van der Waals surface area contributed by atoms with E-state index in [0.717, 1.165) is 51.2 Å². The molecule has 31 heavy (non-hydrogen) atoms.